The predicted molar refractivity (Wildman–Crippen MR) is 86.2 cm³/mol. The third-order valence-electron chi connectivity index (χ3n) is 3.33. The molecule has 1 atom stereocenters. The Kier molecular flexibility index (Phi) is 5.64. The molecule has 0 spiro atoms. The van der Waals surface area contributed by atoms with E-state index in [1.54, 1.807) is 12.1 Å². The SMILES string of the molecule is COc1ccc(Br)c(C(=O)OCC(=O)N[C@@H]2CCS(=O)(=O)C2)c1. The van der Waals surface area contributed by atoms with Crippen LogP contribution in [-0.2, 0) is 19.4 Å². The van der Waals surface area contributed by atoms with Gasteiger partial charge in [0.2, 0.25) is 0 Å². The number of hydrogen-bond acceptors (Lipinski definition) is 6. The zero-order valence-corrected chi connectivity index (χ0v) is 14.8. The van der Waals surface area contributed by atoms with Gasteiger partial charge in [0, 0.05) is 10.5 Å². The lowest BCUT2D eigenvalue weighted by Crippen LogP contribution is -2.38. The van der Waals surface area contributed by atoms with E-state index in [1.807, 2.05) is 0 Å². The number of rotatable bonds is 5. The van der Waals surface area contributed by atoms with Crippen LogP contribution >= 0.6 is 15.9 Å². The van der Waals surface area contributed by atoms with Gasteiger partial charge in [-0.15, -0.1) is 0 Å². The molecular formula is C14H16BrNO6S. The van der Waals surface area contributed by atoms with Crippen molar-refractivity contribution in [1.82, 2.24) is 5.32 Å². The smallest absolute Gasteiger partial charge is 0.339 e. The molecule has 1 aliphatic heterocycles. The van der Waals surface area contributed by atoms with Crippen molar-refractivity contribution in [3.8, 4) is 5.75 Å². The summed E-state index contributed by atoms with van der Waals surface area (Å²) in [7, 11) is -1.60. The third-order valence-corrected chi connectivity index (χ3v) is 5.78. The molecule has 2 rings (SSSR count). The van der Waals surface area contributed by atoms with Crippen LogP contribution in [-0.4, -0.2) is 51.6 Å². The molecule has 1 aromatic carbocycles. The first-order chi connectivity index (χ1) is 10.8. The van der Waals surface area contributed by atoms with Gasteiger partial charge in [0.05, 0.1) is 24.2 Å². The van der Waals surface area contributed by atoms with Gasteiger partial charge in [0.25, 0.3) is 5.91 Å². The zero-order chi connectivity index (χ0) is 17.0. The molecule has 0 saturated carbocycles. The Morgan fingerprint density at radius 1 is 1.39 bits per heavy atom. The van der Waals surface area contributed by atoms with E-state index in [1.165, 1.54) is 13.2 Å². The van der Waals surface area contributed by atoms with Gasteiger partial charge in [-0.1, -0.05) is 0 Å². The number of carbonyl (C=O) groups excluding carboxylic acids is 2. The average molecular weight is 406 g/mol. The molecule has 0 radical (unpaired) electrons. The Morgan fingerprint density at radius 3 is 2.74 bits per heavy atom. The van der Waals surface area contributed by atoms with Crippen LogP contribution in [0, 0.1) is 0 Å². The van der Waals surface area contributed by atoms with Crippen LogP contribution in [0.1, 0.15) is 16.8 Å². The quantitative estimate of drug-likeness (QED) is 0.731. The van der Waals surface area contributed by atoms with Crippen LogP contribution < -0.4 is 10.1 Å². The summed E-state index contributed by atoms with van der Waals surface area (Å²) in [4.78, 5) is 23.7. The average Bonchev–Trinajstić information content (AvgIpc) is 2.84. The molecule has 23 heavy (non-hydrogen) atoms. The normalized spacial score (nSPS) is 19.1. The van der Waals surface area contributed by atoms with E-state index in [2.05, 4.69) is 21.2 Å². The van der Waals surface area contributed by atoms with Gasteiger partial charge in [-0.25, -0.2) is 13.2 Å². The highest BCUT2D eigenvalue weighted by molar-refractivity contribution is 9.10. The maximum absolute atomic E-state index is 12.0. The molecule has 7 nitrogen and oxygen atoms in total. The molecule has 0 unspecified atom stereocenters. The molecule has 0 bridgehead atoms. The number of ether oxygens (including phenoxy) is 2. The highest BCUT2D eigenvalue weighted by Crippen LogP contribution is 2.23. The first kappa shape index (κ1) is 17.7. The van der Waals surface area contributed by atoms with Crippen LogP contribution in [0.5, 0.6) is 5.75 Å². The van der Waals surface area contributed by atoms with E-state index >= 15 is 0 Å². The molecule has 1 amide bonds. The van der Waals surface area contributed by atoms with E-state index in [0.717, 1.165) is 0 Å². The number of esters is 1. The first-order valence-corrected chi connectivity index (χ1v) is 9.42. The minimum absolute atomic E-state index is 0.0640. The number of benzene rings is 1. The second-order valence-corrected chi connectivity index (χ2v) is 8.17. The van der Waals surface area contributed by atoms with Crippen molar-refractivity contribution >= 4 is 37.6 Å². The standard InChI is InChI=1S/C14H16BrNO6S/c1-21-10-2-3-12(15)11(6-10)14(18)22-7-13(17)16-9-4-5-23(19,20)8-9/h2-3,6,9H,4-5,7-8H2,1H3,(H,16,17)/t9-/m1/s1. The van der Waals surface area contributed by atoms with Gasteiger partial charge >= 0.3 is 5.97 Å². The van der Waals surface area contributed by atoms with Gasteiger partial charge < -0.3 is 14.8 Å². The fraction of sp³-hybridized carbons (Fsp3) is 0.429. The van der Waals surface area contributed by atoms with E-state index in [4.69, 9.17) is 9.47 Å². The molecule has 1 fully saturated rings. The van der Waals surface area contributed by atoms with Crippen LogP contribution in [0.4, 0.5) is 0 Å². The Bertz CT molecular complexity index is 718. The second kappa shape index (κ2) is 7.31. The highest BCUT2D eigenvalue weighted by Gasteiger charge is 2.29. The molecule has 0 aromatic heterocycles. The van der Waals surface area contributed by atoms with Crippen LogP contribution in [0.25, 0.3) is 0 Å². The second-order valence-electron chi connectivity index (χ2n) is 5.09. The molecule has 126 valence electrons. The summed E-state index contributed by atoms with van der Waals surface area (Å²) in [5.74, 6) is -0.729. The monoisotopic (exact) mass is 405 g/mol. The number of carbonyl (C=O) groups is 2. The topological polar surface area (TPSA) is 98.8 Å². The van der Waals surface area contributed by atoms with Crippen molar-refractivity contribution in [1.29, 1.82) is 0 Å². The van der Waals surface area contributed by atoms with Gasteiger partial charge in [-0.3, -0.25) is 4.79 Å². The van der Waals surface area contributed by atoms with Crippen molar-refractivity contribution < 1.29 is 27.5 Å². The van der Waals surface area contributed by atoms with Gasteiger partial charge in [-0.05, 0) is 40.5 Å². The Labute approximate surface area is 142 Å². The Hall–Kier alpha value is -1.61. The molecule has 1 N–H and O–H groups in total. The summed E-state index contributed by atoms with van der Waals surface area (Å²) in [6, 6.07) is 4.38. The number of halogens is 1. The summed E-state index contributed by atoms with van der Waals surface area (Å²) in [6.07, 6.45) is 0.378. The number of methoxy groups -OCH3 is 1. The fourth-order valence-electron chi connectivity index (χ4n) is 2.17. The Balaban J connectivity index is 1.88. The molecule has 1 aliphatic rings. The number of hydrogen-bond donors (Lipinski definition) is 1. The lowest BCUT2D eigenvalue weighted by atomic mass is 10.2. The van der Waals surface area contributed by atoms with E-state index in [0.29, 0.717) is 16.6 Å². The maximum atomic E-state index is 12.0. The summed E-state index contributed by atoms with van der Waals surface area (Å²) in [5.41, 5.74) is 0.237. The molecule has 0 aliphatic carbocycles. The van der Waals surface area contributed by atoms with Crippen LogP contribution in [0.2, 0.25) is 0 Å². The number of amides is 1. The molecule has 1 aromatic rings. The minimum Gasteiger partial charge on any atom is -0.497 e. The maximum Gasteiger partial charge on any atom is 0.339 e. The summed E-state index contributed by atoms with van der Waals surface area (Å²) in [6.45, 7) is -0.473. The van der Waals surface area contributed by atoms with E-state index < -0.39 is 34.4 Å². The lowest BCUT2D eigenvalue weighted by molar-refractivity contribution is -0.124. The van der Waals surface area contributed by atoms with Crippen LogP contribution in [0.15, 0.2) is 22.7 Å². The van der Waals surface area contributed by atoms with Crippen molar-refractivity contribution in [3.05, 3.63) is 28.2 Å². The largest absolute Gasteiger partial charge is 0.497 e. The van der Waals surface area contributed by atoms with Gasteiger partial charge in [0.1, 0.15) is 5.75 Å². The van der Waals surface area contributed by atoms with Gasteiger partial charge in [-0.2, -0.15) is 0 Å². The van der Waals surface area contributed by atoms with Crippen molar-refractivity contribution in [2.75, 3.05) is 25.2 Å². The van der Waals surface area contributed by atoms with Gasteiger partial charge in [0.15, 0.2) is 16.4 Å². The first-order valence-electron chi connectivity index (χ1n) is 6.81. The predicted octanol–water partition coefficient (Wildman–Crippen LogP) is 0.918. The molecule has 1 saturated heterocycles. The molecule has 9 heteroatoms. The lowest BCUT2D eigenvalue weighted by Gasteiger charge is -2.11. The number of nitrogens with one attached hydrogen (secondary N) is 1. The third kappa shape index (κ3) is 4.93. The van der Waals surface area contributed by atoms with E-state index in [-0.39, 0.29) is 17.1 Å². The number of sulfone groups is 1. The van der Waals surface area contributed by atoms with Crippen molar-refractivity contribution in [2.24, 2.45) is 0 Å². The molecule has 1 heterocycles. The minimum atomic E-state index is -3.07. The summed E-state index contributed by atoms with van der Waals surface area (Å²) in [5, 5.41) is 2.55. The summed E-state index contributed by atoms with van der Waals surface area (Å²) >= 11 is 3.23. The molecular weight excluding hydrogens is 390 g/mol. The van der Waals surface area contributed by atoms with Crippen molar-refractivity contribution in [3.63, 3.8) is 0 Å². The Morgan fingerprint density at radius 2 is 2.13 bits per heavy atom. The van der Waals surface area contributed by atoms with Crippen molar-refractivity contribution in [2.45, 2.75) is 12.5 Å². The summed E-state index contributed by atoms with van der Waals surface area (Å²) < 4.78 is 33.1. The van der Waals surface area contributed by atoms with Crippen LogP contribution in [0.3, 0.4) is 0 Å². The fourth-order valence-corrected chi connectivity index (χ4v) is 4.26. The highest BCUT2D eigenvalue weighted by atomic mass is 79.9. The van der Waals surface area contributed by atoms with E-state index in [9.17, 15) is 18.0 Å². The zero-order valence-electron chi connectivity index (χ0n) is 12.4.